The number of nitrogens with zero attached hydrogens (tertiary/aromatic N) is 1. The summed E-state index contributed by atoms with van der Waals surface area (Å²) in [5.74, 6) is 1.03. The number of allylic oxidation sites excluding steroid dienone is 1. The number of carbonyl (C=O) groups is 1. The van der Waals surface area contributed by atoms with Gasteiger partial charge in [0.05, 0.1) is 20.8 Å². The number of rotatable bonds is 9. The third-order valence-electron chi connectivity index (χ3n) is 5.81. The van der Waals surface area contributed by atoms with Gasteiger partial charge in [-0.25, -0.2) is 4.79 Å². The maximum absolute atomic E-state index is 12.8. The summed E-state index contributed by atoms with van der Waals surface area (Å²) in [6.45, 7) is 8.81. The van der Waals surface area contributed by atoms with Crippen LogP contribution in [0.2, 0.25) is 0 Å². The number of methoxy groups -OCH3 is 2. The lowest BCUT2D eigenvalue weighted by atomic mass is 9.86. The average Bonchev–Trinajstić information content (AvgIpc) is 2.97. The van der Waals surface area contributed by atoms with Crippen LogP contribution in [0.4, 0.5) is 0 Å². The van der Waals surface area contributed by atoms with Crippen molar-refractivity contribution in [1.29, 1.82) is 5.26 Å². The van der Waals surface area contributed by atoms with Crippen molar-refractivity contribution in [2.75, 3.05) is 20.8 Å². The summed E-state index contributed by atoms with van der Waals surface area (Å²) < 4.78 is 16.4. The normalized spacial score (nSPS) is 17.1. The molecule has 0 N–H and O–H groups in total. The number of esters is 1. The van der Waals surface area contributed by atoms with Gasteiger partial charge in [0.15, 0.2) is 11.5 Å². The molecule has 29 heavy (non-hydrogen) atoms. The van der Waals surface area contributed by atoms with Crippen molar-refractivity contribution in [1.82, 2.24) is 0 Å². The van der Waals surface area contributed by atoms with Crippen LogP contribution >= 0.6 is 0 Å². The van der Waals surface area contributed by atoms with Crippen LogP contribution in [-0.2, 0) is 14.9 Å². The number of benzene rings is 1. The Balaban J connectivity index is 2.38. The highest BCUT2D eigenvalue weighted by atomic mass is 16.5. The fourth-order valence-corrected chi connectivity index (χ4v) is 3.94. The van der Waals surface area contributed by atoms with E-state index < -0.39 is 5.97 Å². The van der Waals surface area contributed by atoms with Gasteiger partial charge in [0.1, 0.15) is 11.6 Å². The molecule has 1 atom stereocenters. The SMILES string of the molecule is CCCCC(CC)COC(=O)/C(C#N)=C1\CC(C)(C)c2cc(OC)c(OC)cc21. The van der Waals surface area contributed by atoms with Gasteiger partial charge in [-0.1, -0.05) is 47.0 Å². The van der Waals surface area contributed by atoms with Crippen molar-refractivity contribution in [3.05, 3.63) is 28.8 Å². The molecule has 0 aliphatic heterocycles. The molecule has 1 aromatic rings. The number of carbonyl (C=O) groups excluding carboxylic acids is 1. The highest BCUT2D eigenvalue weighted by Crippen LogP contribution is 2.50. The Morgan fingerprint density at radius 3 is 2.41 bits per heavy atom. The van der Waals surface area contributed by atoms with E-state index in [1.165, 1.54) is 0 Å². The van der Waals surface area contributed by atoms with Gasteiger partial charge < -0.3 is 14.2 Å². The zero-order chi connectivity index (χ0) is 21.6. The van der Waals surface area contributed by atoms with Crippen LogP contribution < -0.4 is 9.47 Å². The van der Waals surface area contributed by atoms with Crippen LogP contribution in [0.25, 0.3) is 5.57 Å². The van der Waals surface area contributed by atoms with Crippen LogP contribution in [-0.4, -0.2) is 26.8 Å². The Morgan fingerprint density at radius 2 is 1.86 bits per heavy atom. The van der Waals surface area contributed by atoms with E-state index in [0.717, 1.165) is 42.4 Å². The van der Waals surface area contributed by atoms with Gasteiger partial charge in [0.25, 0.3) is 0 Å². The van der Waals surface area contributed by atoms with E-state index in [9.17, 15) is 10.1 Å². The zero-order valence-electron chi connectivity index (χ0n) is 18.6. The van der Waals surface area contributed by atoms with E-state index in [1.54, 1.807) is 14.2 Å². The highest BCUT2D eigenvalue weighted by Gasteiger charge is 2.38. The summed E-state index contributed by atoms with van der Waals surface area (Å²) >= 11 is 0. The molecule has 0 bridgehead atoms. The molecule has 0 heterocycles. The average molecular weight is 400 g/mol. The molecular formula is C24H33NO4. The fourth-order valence-electron chi connectivity index (χ4n) is 3.94. The number of nitriles is 1. The quantitative estimate of drug-likeness (QED) is 0.315. The lowest BCUT2D eigenvalue weighted by Crippen LogP contribution is -2.16. The predicted molar refractivity (Wildman–Crippen MR) is 114 cm³/mol. The molecule has 5 nitrogen and oxygen atoms in total. The van der Waals surface area contributed by atoms with Gasteiger partial charge in [-0.05, 0) is 53.0 Å². The molecule has 1 aromatic carbocycles. The van der Waals surface area contributed by atoms with Crippen LogP contribution in [0, 0.1) is 17.2 Å². The molecule has 0 amide bonds. The number of hydrogen-bond donors (Lipinski definition) is 0. The molecule has 0 spiro atoms. The van der Waals surface area contributed by atoms with E-state index in [-0.39, 0.29) is 11.0 Å². The van der Waals surface area contributed by atoms with E-state index in [2.05, 4.69) is 33.8 Å². The molecule has 5 heteroatoms. The number of hydrogen-bond acceptors (Lipinski definition) is 5. The van der Waals surface area contributed by atoms with Crippen LogP contribution in [0.1, 0.15) is 70.9 Å². The molecule has 158 valence electrons. The Kier molecular flexibility index (Phi) is 7.73. The maximum Gasteiger partial charge on any atom is 0.349 e. The van der Waals surface area contributed by atoms with E-state index in [1.807, 2.05) is 12.1 Å². The van der Waals surface area contributed by atoms with Crippen molar-refractivity contribution in [2.24, 2.45) is 5.92 Å². The maximum atomic E-state index is 12.8. The fraction of sp³-hybridized carbons (Fsp3) is 0.583. The van der Waals surface area contributed by atoms with Crippen LogP contribution in [0.5, 0.6) is 11.5 Å². The summed E-state index contributed by atoms with van der Waals surface area (Å²) in [6.07, 6.45) is 4.81. The molecule has 1 unspecified atom stereocenters. The minimum absolute atomic E-state index is 0.0920. The molecule has 2 rings (SSSR count). The van der Waals surface area contributed by atoms with Crippen molar-refractivity contribution in [3.8, 4) is 17.6 Å². The molecule has 1 aliphatic rings. The Labute approximate surface area is 174 Å². The summed E-state index contributed by atoms with van der Waals surface area (Å²) in [7, 11) is 3.18. The standard InChI is InChI=1S/C24H33NO4/c1-7-9-10-16(8-2)15-29-23(26)19(14-25)18-13-24(3,4)20-12-22(28-6)21(27-5)11-17(18)20/h11-12,16H,7-10,13,15H2,1-6H3/b19-18+. The van der Waals surface area contributed by atoms with E-state index >= 15 is 0 Å². The second-order valence-corrected chi connectivity index (χ2v) is 8.29. The minimum Gasteiger partial charge on any atom is -0.493 e. The Morgan fingerprint density at radius 1 is 1.21 bits per heavy atom. The summed E-state index contributed by atoms with van der Waals surface area (Å²) in [6, 6.07) is 5.91. The van der Waals surface area contributed by atoms with E-state index in [0.29, 0.717) is 30.4 Å². The monoisotopic (exact) mass is 399 g/mol. The molecule has 0 saturated heterocycles. The Hall–Kier alpha value is -2.48. The predicted octanol–water partition coefficient (Wildman–Crippen LogP) is 5.42. The van der Waals surface area contributed by atoms with Crippen molar-refractivity contribution < 1.29 is 19.0 Å². The number of ether oxygens (including phenoxy) is 3. The summed E-state index contributed by atoms with van der Waals surface area (Å²) in [5, 5.41) is 9.78. The highest BCUT2D eigenvalue weighted by molar-refractivity contribution is 6.03. The molecular weight excluding hydrogens is 366 g/mol. The topological polar surface area (TPSA) is 68.6 Å². The first-order valence-corrected chi connectivity index (χ1v) is 10.4. The first kappa shape index (κ1) is 22.8. The zero-order valence-corrected chi connectivity index (χ0v) is 18.6. The third kappa shape index (κ3) is 4.93. The van der Waals surface area contributed by atoms with Gasteiger partial charge in [0, 0.05) is 0 Å². The van der Waals surface area contributed by atoms with E-state index in [4.69, 9.17) is 14.2 Å². The van der Waals surface area contributed by atoms with Crippen molar-refractivity contribution in [2.45, 2.75) is 65.2 Å². The second-order valence-electron chi connectivity index (χ2n) is 8.29. The van der Waals surface area contributed by atoms with Gasteiger partial charge in [-0.2, -0.15) is 5.26 Å². The first-order chi connectivity index (χ1) is 13.8. The molecule has 0 radical (unpaired) electrons. The minimum atomic E-state index is -0.532. The number of fused-ring (bicyclic) bond motifs is 1. The summed E-state index contributed by atoms with van der Waals surface area (Å²) in [4.78, 5) is 12.8. The van der Waals surface area contributed by atoms with Crippen molar-refractivity contribution >= 4 is 11.5 Å². The lowest BCUT2D eigenvalue weighted by Gasteiger charge is -2.19. The van der Waals surface area contributed by atoms with Crippen molar-refractivity contribution in [3.63, 3.8) is 0 Å². The largest absolute Gasteiger partial charge is 0.493 e. The molecule has 0 saturated carbocycles. The number of unbranched alkanes of at least 4 members (excludes halogenated alkanes) is 1. The molecule has 0 fully saturated rings. The lowest BCUT2D eigenvalue weighted by molar-refractivity contribution is -0.139. The smallest absolute Gasteiger partial charge is 0.349 e. The van der Waals surface area contributed by atoms with Gasteiger partial charge in [0.2, 0.25) is 0 Å². The first-order valence-electron chi connectivity index (χ1n) is 10.4. The van der Waals surface area contributed by atoms with Crippen LogP contribution in [0.15, 0.2) is 17.7 Å². The summed E-state index contributed by atoms with van der Waals surface area (Å²) in [5.41, 5.74) is 2.49. The Bertz CT molecular complexity index is 817. The van der Waals surface area contributed by atoms with Crippen LogP contribution in [0.3, 0.4) is 0 Å². The second kappa shape index (κ2) is 9.82. The van der Waals surface area contributed by atoms with Gasteiger partial charge >= 0.3 is 5.97 Å². The molecule has 1 aliphatic carbocycles. The molecule has 0 aromatic heterocycles. The van der Waals surface area contributed by atoms with Gasteiger partial charge in [-0.15, -0.1) is 0 Å². The van der Waals surface area contributed by atoms with Gasteiger partial charge in [-0.3, -0.25) is 0 Å². The third-order valence-corrected chi connectivity index (χ3v) is 5.81.